The first-order valence-corrected chi connectivity index (χ1v) is 11.0. The number of halogens is 1. The van der Waals surface area contributed by atoms with Crippen molar-refractivity contribution in [1.82, 2.24) is 14.8 Å². The molecule has 5 nitrogen and oxygen atoms in total. The van der Waals surface area contributed by atoms with Gasteiger partial charge < -0.3 is 5.32 Å². The number of anilines is 1. The maximum absolute atomic E-state index is 12.3. The van der Waals surface area contributed by atoms with Crippen molar-refractivity contribution in [2.75, 3.05) is 11.1 Å². The van der Waals surface area contributed by atoms with E-state index in [2.05, 4.69) is 67.1 Å². The molecule has 7 heteroatoms. The Morgan fingerprint density at radius 1 is 1.13 bits per heavy atom. The Balaban J connectivity index is 1.73. The second kappa shape index (κ2) is 9.49. The first-order chi connectivity index (χ1) is 14.3. The highest BCUT2D eigenvalue weighted by Gasteiger charge is 2.17. The fourth-order valence-corrected chi connectivity index (χ4v) is 3.76. The van der Waals surface area contributed by atoms with E-state index in [4.69, 9.17) is 11.6 Å². The van der Waals surface area contributed by atoms with Crippen molar-refractivity contribution in [2.45, 2.75) is 37.9 Å². The van der Waals surface area contributed by atoms with Crippen LogP contribution in [0.5, 0.6) is 0 Å². The van der Waals surface area contributed by atoms with Crippen LogP contribution in [0.4, 0.5) is 5.69 Å². The minimum Gasteiger partial charge on any atom is -0.325 e. The predicted molar refractivity (Wildman–Crippen MR) is 125 cm³/mol. The molecule has 0 spiro atoms. The van der Waals surface area contributed by atoms with Crippen molar-refractivity contribution in [3.8, 4) is 11.4 Å². The van der Waals surface area contributed by atoms with E-state index in [1.54, 1.807) is 30.3 Å². The third kappa shape index (κ3) is 5.52. The molecule has 30 heavy (non-hydrogen) atoms. The van der Waals surface area contributed by atoms with E-state index in [-0.39, 0.29) is 17.1 Å². The predicted octanol–water partition coefficient (Wildman–Crippen LogP) is 5.81. The fraction of sp³-hybridized carbons (Fsp3) is 0.261. The molecule has 2 aromatic carbocycles. The highest BCUT2D eigenvalue weighted by Crippen LogP contribution is 2.28. The van der Waals surface area contributed by atoms with Crippen molar-refractivity contribution < 1.29 is 4.79 Å². The van der Waals surface area contributed by atoms with Gasteiger partial charge in [-0.15, -0.1) is 16.8 Å². The third-order valence-electron chi connectivity index (χ3n) is 4.50. The Bertz CT molecular complexity index is 1020. The Kier molecular flexibility index (Phi) is 7.00. The normalized spacial score (nSPS) is 11.3. The van der Waals surface area contributed by atoms with E-state index >= 15 is 0 Å². The van der Waals surface area contributed by atoms with E-state index in [1.165, 1.54) is 17.3 Å². The molecule has 0 unspecified atom stereocenters. The number of carbonyl (C=O) groups excluding carboxylic acids is 1. The molecule has 0 bridgehead atoms. The minimum absolute atomic E-state index is 0.0891. The Morgan fingerprint density at radius 3 is 2.40 bits per heavy atom. The standard InChI is InChI=1S/C23H25ClN4OS/c1-5-14-28-21(16-6-8-17(9-7-16)23(2,3)4)26-27-22(28)30-15-20(29)25-19-12-10-18(24)11-13-19/h5-13H,1,14-15H2,2-4H3,(H,25,29). The third-order valence-corrected chi connectivity index (χ3v) is 5.72. The number of carbonyl (C=O) groups is 1. The smallest absolute Gasteiger partial charge is 0.234 e. The van der Waals surface area contributed by atoms with Crippen molar-refractivity contribution in [2.24, 2.45) is 0 Å². The molecule has 1 heterocycles. The van der Waals surface area contributed by atoms with Crippen LogP contribution in [-0.2, 0) is 16.8 Å². The molecule has 0 saturated carbocycles. The van der Waals surface area contributed by atoms with Crippen LogP contribution >= 0.6 is 23.4 Å². The van der Waals surface area contributed by atoms with Gasteiger partial charge in [0.25, 0.3) is 0 Å². The number of hydrogen-bond acceptors (Lipinski definition) is 4. The Labute approximate surface area is 186 Å². The van der Waals surface area contributed by atoms with Crippen LogP contribution in [-0.4, -0.2) is 26.4 Å². The maximum Gasteiger partial charge on any atom is 0.234 e. The topological polar surface area (TPSA) is 59.8 Å². The van der Waals surface area contributed by atoms with Crippen LogP contribution in [0.2, 0.25) is 5.02 Å². The lowest BCUT2D eigenvalue weighted by Crippen LogP contribution is -2.14. The zero-order valence-corrected chi connectivity index (χ0v) is 18.9. The monoisotopic (exact) mass is 440 g/mol. The molecule has 156 valence electrons. The summed E-state index contributed by atoms with van der Waals surface area (Å²) in [5.41, 5.74) is 3.03. The number of rotatable bonds is 7. The van der Waals surface area contributed by atoms with Gasteiger partial charge in [-0.3, -0.25) is 9.36 Å². The van der Waals surface area contributed by atoms with Crippen LogP contribution < -0.4 is 5.32 Å². The summed E-state index contributed by atoms with van der Waals surface area (Å²) in [6.45, 7) is 11.0. The number of amides is 1. The van der Waals surface area contributed by atoms with Crippen LogP contribution in [0.1, 0.15) is 26.3 Å². The SMILES string of the molecule is C=CCn1c(SCC(=O)Nc2ccc(Cl)cc2)nnc1-c1ccc(C(C)(C)C)cc1. The highest BCUT2D eigenvalue weighted by molar-refractivity contribution is 7.99. The first-order valence-electron chi connectivity index (χ1n) is 9.61. The zero-order chi connectivity index (χ0) is 21.7. The van der Waals surface area contributed by atoms with Gasteiger partial charge in [0.2, 0.25) is 5.91 Å². The number of benzene rings is 2. The van der Waals surface area contributed by atoms with E-state index in [1.807, 2.05) is 4.57 Å². The average Bonchev–Trinajstić information content (AvgIpc) is 3.10. The van der Waals surface area contributed by atoms with Crippen LogP contribution in [0.15, 0.2) is 66.3 Å². The number of nitrogens with zero attached hydrogens (tertiary/aromatic N) is 3. The molecule has 3 aromatic rings. The molecule has 0 aliphatic carbocycles. The number of hydrogen-bond donors (Lipinski definition) is 1. The van der Waals surface area contributed by atoms with E-state index < -0.39 is 0 Å². The van der Waals surface area contributed by atoms with Crippen LogP contribution in [0, 0.1) is 0 Å². The lowest BCUT2D eigenvalue weighted by atomic mass is 9.87. The molecular weight excluding hydrogens is 416 g/mol. The number of aromatic nitrogens is 3. The average molecular weight is 441 g/mol. The van der Waals surface area contributed by atoms with Gasteiger partial charge in [0, 0.05) is 22.8 Å². The second-order valence-electron chi connectivity index (χ2n) is 7.88. The lowest BCUT2D eigenvalue weighted by molar-refractivity contribution is -0.113. The Hall–Kier alpha value is -2.57. The summed E-state index contributed by atoms with van der Waals surface area (Å²) < 4.78 is 1.97. The first kappa shape index (κ1) is 22.1. The Morgan fingerprint density at radius 2 is 1.80 bits per heavy atom. The van der Waals surface area contributed by atoms with Gasteiger partial charge in [0.15, 0.2) is 11.0 Å². The summed E-state index contributed by atoms with van der Waals surface area (Å²) >= 11 is 7.22. The van der Waals surface area contributed by atoms with Gasteiger partial charge in [-0.25, -0.2) is 0 Å². The molecule has 1 N–H and O–H groups in total. The molecule has 0 fully saturated rings. The molecule has 0 aliphatic rings. The summed E-state index contributed by atoms with van der Waals surface area (Å²) in [6, 6.07) is 15.4. The largest absolute Gasteiger partial charge is 0.325 e. The molecule has 3 rings (SSSR count). The summed E-state index contributed by atoms with van der Waals surface area (Å²) in [5, 5.41) is 12.8. The number of nitrogens with one attached hydrogen (secondary N) is 1. The molecule has 0 saturated heterocycles. The summed E-state index contributed by atoms with van der Waals surface area (Å²) in [4.78, 5) is 12.3. The van der Waals surface area contributed by atoms with E-state index in [9.17, 15) is 4.79 Å². The van der Waals surface area contributed by atoms with E-state index in [0.29, 0.717) is 22.4 Å². The van der Waals surface area contributed by atoms with Crippen molar-refractivity contribution >= 4 is 35.0 Å². The highest BCUT2D eigenvalue weighted by atomic mass is 35.5. The van der Waals surface area contributed by atoms with Gasteiger partial charge in [0.1, 0.15) is 0 Å². The summed E-state index contributed by atoms with van der Waals surface area (Å²) in [6.07, 6.45) is 1.80. The van der Waals surface area contributed by atoms with Gasteiger partial charge >= 0.3 is 0 Å². The van der Waals surface area contributed by atoms with Gasteiger partial charge in [-0.1, -0.05) is 74.5 Å². The summed E-state index contributed by atoms with van der Waals surface area (Å²) in [5.74, 6) is 0.864. The van der Waals surface area contributed by atoms with E-state index in [0.717, 1.165) is 11.4 Å². The molecular formula is C23H25ClN4OS. The lowest BCUT2D eigenvalue weighted by Gasteiger charge is -2.19. The molecule has 0 atom stereocenters. The molecule has 1 amide bonds. The van der Waals surface area contributed by atoms with Crippen LogP contribution in [0.25, 0.3) is 11.4 Å². The molecule has 1 aromatic heterocycles. The van der Waals surface area contributed by atoms with Gasteiger partial charge in [-0.05, 0) is 35.2 Å². The second-order valence-corrected chi connectivity index (χ2v) is 9.26. The number of thioether (sulfide) groups is 1. The van der Waals surface area contributed by atoms with Gasteiger partial charge in [0.05, 0.1) is 5.75 Å². The van der Waals surface area contributed by atoms with Crippen molar-refractivity contribution in [3.05, 3.63) is 71.8 Å². The van der Waals surface area contributed by atoms with Crippen molar-refractivity contribution in [3.63, 3.8) is 0 Å². The molecule has 0 radical (unpaired) electrons. The van der Waals surface area contributed by atoms with Crippen molar-refractivity contribution in [1.29, 1.82) is 0 Å². The minimum atomic E-state index is -0.119. The fourth-order valence-electron chi connectivity index (χ4n) is 2.88. The number of allylic oxidation sites excluding steroid dienone is 1. The summed E-state index contributed by atoms with van der Waals surface area (Å²) in [7, 11) is 0. The molecule has 0 aliphatic heterocycles. The van der Waals surface area contributed by atoms with Crippen LogP contribution in [0.3, 0.4) is 0 Å². The quantitative estimate of drug-likeness (QED) is 0.372. The zero-order valence-electron chi connectivity index (χ0n) is 17.4. The maximum atomic E-state index is 12.3. The van der Waals surface area contributed by atoms with Gasteiger partial charge in [-0.2, -0.15) is 0 Å².